The molecule has 1 aromatic heterocycles. The van der Waals surface area contributed by atoms with Gasteiger partial charge in [0.1, 0.15) is 11.3 Å². The number of fused-ring (bicyclic) bond motifs is 1. The van der Waals surface area contributed by atoms with E-state index in [2.05, 4.69) is 0 Å². The summed E-state index contributed by atoms with van der Waals surface area (Å²) in [5.41, 5.74) is -0.382. The second-order valence-corrected chi connectivity index (χ2v) is 5.02. The monoisotopic (exact) mass is 332 g/mol. The summed E-state index contributed by atoms with van der Waals surface area (Å²) in [6.07, 6.45) is 5.65. The van der Waals surface area contributed by atoms with Crippen LogP contribution in [0.1, 0.15) is 26.7 Å². The molecule has 0 fully saturated rings. The Morgan fingerprint density at radius 2 is 2.04 bits per heavy atom. The van der Waals surface area contributed by atoms with Crippen LogP contribution >= 0.6 is 0 Å². The SMILES string of the molecule is CCC=CCCOc1c(OC)c2ccc(OC(C)=O)cc2oc1=O. The normalized spacial score (nSPS) is 11.0. The highest BCUT2D eigenvalue weighted by atomic mass is 16.5. The minimum Gasteiger partial charge on any atom is -0.492 e. The van der Waals surface area contributed by atoms with Gasteiger partial charge < -0.3 is 18.6 Å². The summed E-state index contributed by atoms with van der Waals surface area (Å²) in [7, 11) is 1.46. The summed E-state index contributed by atoms with van der Waals surface area (Å²) in [6, 6.07) is 4.72. The molecular formula is C18H20O6. The van der Waals surface area contributed by atoms with Crippen LogP contribution in [-0.4, -0.2) is 19.7 Å². The third kappa shape index (κ3) is 4.16. The number of benzene rings is 1. The van der Waals surface area contributed by atoms with Gasteiger partial charge in [-0.1, -0.05) is 19.1 Å². The molecule has 0 aliphatic rings. The Kier molecular flexibility index (Phi) is 6.01. The third-order valence-electron chi connectivity index (χ3n) is 3.19. The Hall–Kier alpha value is -2.76. The van der Waals surface area contributed by atoms with Crippen molar-refractivity contribution in [2.75, 3.05) is 13.7 Å². The molecular weight excluding hydrogens is 312 g/mol. The Morgan fingerprint density at radius 1 is 1.25 bits per heavy atom. The van der Waals surface area contributed by atoms with E-state index in [9.17, 15) is 9.59 Å². The Bertz CT molecular complexity index is 803. The molecule has 6 heteroatoms. The number of methoxy groups -OCH3 is 1. The Balaban J connectivity index is 2.35. The van der Waals surface area contributed by atoms with Gasteiger partial charge in [0, 0.05) is 13.0 Å². The smallest absolute Gasteiger partial charge is 0.383 e. The van der Waals surface area contributed by atoms with Crippen LogP contribution in [0.4, 0.5) is 0 Å². The van der Waals surface area contributed by atoms with E-state index in [4.69, 9.17) is 18.6 Å². The van der Waals surface area contributed by atoms with Crippen LogP contribution in [0, 0.1) is 0 Å². The van der Waals surface area contributed by atoms with E-state index in [1.54, 1.807) is 12.1 Å². The van der Waals surface area contributed by atoms with Crippen LogP contribution in [0.15, 0.2) is 39.6 Å². The van der Waals surface area contributed by atoms with Gasteiger partial charge in [0.2, 0.25) is 5.75 Å². The number of hydrogen-bond donors (Lipinski definition) is 0. The van der Waals surface area contributed by atoms with Crippen molar-refractivity contribution in [1.29, 1.82) is 0 Å². The molecule has 2 aromatic rings. The van der Waals surface area contributed by atoms with E-state index in [1.807, 2.05) is 19.1 Å². The Morgan fingerprint density at radius 3 is 2.71 bits per heavy atom. The highest BCUT2D eigenvalue weighted by Crippen LogP contribution is 2.34. The molecule has 128 valence electrons. The van der Waals surface area contributed by atoms with E-state index in [-0.39, 0.29) is 11.3 Å². The number of hydrogen-bond acceptors (Lipinski definition) is 6. The molecule has 0 aliphatic heterocycles. The van der Waals surface area contributed by atoms with Gasteiger partial charge in [-0.05, 0) is 25.0 Å². The quantitative estimate of drug-likeness (QED) is 0.254. The molecule has 0 radical (unpaired) electrons. The minimum absolute atomic E-state index is 0.0372. The predicted octanol–water partition coefficient (Wildman–Crippen LogP) is 3.46. The Labute approximate surface area is 139 Å². The highest BCUT2D eigenvalue weighted by molar-refractivity contribution is 5.87. The number of carbonyl (C=O) groups is 1. The largest absolute Gasteiger partial charge is 0.492 e. The zero-order chi connectivity index (χ0) is 17.5. The number of carbonyl (C=O) groups excluding carboxylic acids is 1. The van der Waals surface area contributed by atoms with Crippen LogP contribution in [0.2, 0.25) is 0 Å². The summed E-state index contributed by atoms with van der Waals surface area (Å²) in [5.74, 6) is 0.174. The fraction of sp³-hybridized carbons (Fsp3) is 0.333. The molecule has 6 nitrogen and oxygen atoms in total. The lowest BCUT2D eigenvalue weighted by atomic mass is 10.2. The van der Waals surface area contributed by atoms with Gasteiger partial charge in [-0.25, -0.2) is 4.79 Å². The van der Waals surface area contributed by atoms with Gasteiger partial charge in [0.05, 0.1) is 19.1 Å². The van der Waals surface area contributed by atoms with Crippen molar-refractivity contribution in [1.82, 2.24) is 0 Å². The maximum Gasteiger partial charge on any atom is 0.383 e. The summed E-state index contributed by atoms with van der Waals surface area (Å²) >= 11 is 0. The summed E-state index contributed by atoms with van der Waals surface area (Å²) in [5, 5.41) is 0.562. The molecule has 24 heavy (non-hydrogen) atoms. The zero-order valence-corrected chi connectivity index (χ0v) is 14.0. The summed E-state index contributed by atoms with van der Waals surface area (Å²) in [4.78, 5) is 23.2. The molecule has 0 spiro atoms. The fourth-order valence-corrected chi connectivity index (χ4v) is 2.21. The average molecular weight is 332 g/mol. The third-order valence-corrected chi connectivity index (χ3v) is 3.19. The van der Waals surface area contributed by atoms with Crippen molar-refractivity contribution in [3.05, 3.63) is 40.8 Å². The van der Waals surface area contributed by atoms with E-state index < -0.39 is 11.6 Å². The first kappa shape index (κ1) is 17.6. The molecule has 0 atom stereocenters. The molecule has 0 bridgehead atoms. The van der Waals surface area contributed by atoms with Crippen LogP contribution < -0.4 is 19.8 Å². The van der Waals surface area contributed by atoms with Crippen molar-refractivity contribution in [3.63, 3.8) is 0 Å². The van der Waals surface area contributed by atoms with Gasteiger partial charge in [-0.15, -0.1) is 0 Å². The van der Waals surface area contributed by atoms with Gasteiger partial charge in [0.15, 0.2) is 5.75 Å². The average Bonchev–Trinajstić information content (AvgIpc) is 2.54. The predicted molar refractivity (Wildman–Crippen MR) is 89.9 cm³/mol. The van der Waals surface area contributed by atoms with E-state index in [1.165, 1.54) is 20.1 Å². The van der Waals surface area contributed by atoms with Crippen LogP contribution in [0.5, 0.6) is 17.2 Å². The second-order valence-electron chi connectivity index (χ2n) is 5.02. The molecule has 0 saturated carbocycles. The topological polar surface area (TPSA) is 75.0 Å². The molecule has 0 saturated heterocycles. The van der Waals surface area contributed by atoms with E-state index >= 15 is 0 Å². The van der Waals surface area contributed by atoms with E-state index in [0.29, 0.717) is 29.9 Å². The second kappa shape index (κ2) is 8.19. The van der Waals surface area contributed by atoms with Gasteiger partial charge >= 0.3 is 11.6 Å². The number of esters is 1. The fourth-order valence-electron chi connectivity index (χ4n) is 2.21. The first-order valence-corrected chi connectivity index (χ1v) is 7.67. The van der Waals surface area contributed by atoms with Crippen LogP contribution in [-0.2, 0) is 4.79 Å². The van der Waals surface area contributed by atoms with Gasteiger partial charge in [0.25, 0.3) is 0 Å². The lowest BCUT2D eigenvalue weighted by Crippen LogP contribution is -2.10. The molecule has 0 amide bonds. The first-order valence-electron chi connectivity index (χ1n) is 7.67. The molecule has 0 N–H and O–H groups in total. The summed E-state index contributed by atoms with van der Waals surface area (Å²) in [6.45, 7) is 3.68. The van der Waals surface area contributed by atoms with E-state index in [0.717, 1.165) is 6.42 Å². The molecule has 2 rings (SSSR count). The molecule has 0 unspecified atom stereocenters. The number of rotatable bonds is 7. The van der Waals surface area contributed by atoms with Crippen molar-refractivity contribution < 1.29 is 23.4 Å². The number of ether oxygens (including phenoxy) is 3. The minimum atomic E-state index is -0.640. The zero-order valence-electron chi connectivity index (χ0n) is 14.0. The lowest BCUT2D eigenvalue weighted by molar-refractivity contribution is -0.131. The maximum absolute atomic E-state index is 12.2. The maximum atomic E-state index is 12.2. The molecule has 0 aliphatic carbocycles. The molecule has 1 heterocycles. The number of allylic oxidation sites excluding steroid dienone is 1. The lowest BCUT2D eigenvalue weighted by Gasteiger charge is -2.11. The van der Waals surface area contributed by atoms with Crippen LogP contribution in [0.25, 0.3) is 11.0 Å². The van der Waals surface area contributed by atoms with Gasteiger partial charge in [-0.2, -0.15) is 0 Å². The summed E-state index contributed by atoms with van der Waals surface area (Å²) < 4.78 is 21.1. The standard InChI is InChI=1S/C18H20O6/c1-4-5-6-7-10-22-17-16(21-3)14-9-8-13(23-12(2)19)11-15(14)24-18(17)20/h5-6,8-9,11H,4,7,10H2,1-3H3. The van der Waals surface area contributed by atoms with Crippen molar-refractivity contribution in [3.8, 4) is 17.2 Å². The van der Waals surface area contributed by atoms with Crippen molar-refractivity contribution in [2.24, 2.45) is 0 Å². The van der Waals surface area contributed by atoms with Crippen molar-refractivity contribution in [2.45, 2.75) is 26.7 Å². The van der Waals surface area contributed by atoms with Crippen LogP contribution in [0.3, 0.4) is 0 Å². The van der Waals surface area contributed by atoms with Crippen molar-refractivity contribution >= 4 is 16.9 Å². The highest BCUT2D eigenvalue weighted by Gasteiger charge is 2.17. The first-order chi connectivity index (χ1) is 11.6. The molecule has 1 aromatic carbocycles. The van der Waals surface area contributed by atoms with Gasteiger partial charge in [-0.3, -0.25) is 4.79 Å².